The maximum Gasteiger partial charge on any atom is 0.253 e. The van der Waals surface area contributed by atoms with E-state index in [0.717, 1.165) is 47.4 Å². The number of ether oxygens (including phenoxy) is 2. The fourth-order valence-electron chi connectivity index (χ4n) is 4.93. The van der Waals surface area contributed by atoms with E-state index in [1.165, 1.54) is 5.56 Å². The summed E-state index contributed by atoms with van der Waals surface area (Å²) in [7, 11) is 0. The summed E-state index contributed by atoms with van der Waals surface area (Å²) in [5.74, 6) is 1.46. The van der Waals surface area contributed by atoms with Crippen LogP contribution in [0.1, 0.15) is 55.1 Å². The van der Waals surface area contributed by atoms with E-state index < -0.39 is 5.41 Å². The molecular formula is C30H32N2O4. The second kappa shape index (κ2) is 9.69. The van der Waals surface area contributed by atoms with Crippen molar-refractivity contribution in [2.75, 3.05) is 25.2 Å². The monoisotopic (exact) mass is 484 g/mol. The van der Waals surface area contributed by atoms with Crippen molar-refractivity contribution in [3.63, 3.8) is 0 Å². The van der Waals surface area contributed by atoms with Crippen LogP contribution in [0.2, 0.25) is 0 Å². The van der Waals surface area contributed by atoms with Gasteiger partial charge >= 0.3 is 0 Å². The molecular weight excluding hydrogens is 452 g/mol. The van der Waals surface area contributed by atoms with E-state index in [4.69, 9.17) is 9.47 Å². The molecule has 186 valence electrons. The van der Waals surface area contributed by atoms with Crippen LogP contribution in [0.3, 0.4) is 0 Å². The van der Waals surface area contributed by atoms with Crippen molar-refractivity contribution < 1.29 is 19.1 Å². The topological polar surface area (TPSA) is 67.9 Å². The van der Waals surface area contributed by atoms with Crippen molar-refractivity contribution in [3.8, 4) is 22.6 Å². The molecule has 1 fully saturated rings. The van der Waals surface area contributed by atoms with Gasteiger partial charge in [-0.05, 0) is 91.8 Å². The average Bonchev–Trinajstić information content (AvgIpc) is 3.60. The van der Waals surface area contributed by atoms with Crippen LogP contribution in [0.15, 0.2) is 60.7 Å². The van der Waals surface area contributed by atoms with Gasteiger partial charge in [-0.1, -0.05) is 31.2 Å². The number of hydrogen-bond acceptors (Lipinski definition) is 4. The molecule has 0 atom stereocenters. The SMILES string of the molecule is CCc1ccc(NC(=O)C2(c3ccc4c(c3)OCO4)CC2)cc1-c1ccc(C(=O)N(CC)CC)cc1. The molecule has 0 spiro atoms. The fraction of sp³-hybridized carbons (Fsp3) is 0.333. The number of carbonyl (C=O) groups is 2. The van der Waals surface area contributed by atoms with Crippen LogP contribution in [-0.4, -0.2) is 36.6 Å². The van der Waals surface area contributed by atoms with Gasteiger partial charge in [0.05, 0.1) is 5.41 Å². The number of nitrogens with zero attached hydrogens (tertiary/aromatic N) is 1. The summed E-state index contributed by atoms with van der Waals surface area (Å²) in [5, 5.41) is 3.16. The normalized spacial score (nSPS) is 14.9. The van der Waals surface area contributed by atoms with Gasteiger partial charge in [0.25, 0.3) is 5.91 Å². The summed E-state index contributed by atoms with van der Waals surface area (Å²) in [6.45, 7) is 7.69. The largest absolute Gasteiger partial charge is 0.454 e. The van der Waals surface area contributed by atoms with E-state index in [0.29, 0.717) is 24.4 Å². The zero-order chi connectivity index (χ0) is 25.3. The van der Waals surface area contributed by atoms with Gasteiger partial charge in [-0.3, -0.25) is 9.59 Å². The van der Waals surface area contributed by atoms with E-state index in [2.05, 4.69) is 18.3 Å². The summed E-state index contributed by atoms with van der Waals surface area (Å²) >= 11 is 0. The Hall–Kier alpha value is -3.80. The van der Waals surface area contributed by atoms with Gasteiger partial charge in [-0.25, -0.2) is 0 Å². The highest BCUT2D eigenvalue weighted by Crippen LogP contribution is 2.51. The molecule has 5 rings (SSSR count). The summed E-state index contributed by atoms with van der Waals surface area (Å²) in [5.41, 5.74) is 5.15. The van der Waals surface area contributed by atoms with Crippen LogP contribution in [0.4, 0.5) is 5.69 Å². The van der Waals surface area contributed by atoms with Crippen molar-refractivity contribution in [2.24, 2.45) is 0 Å². The van der Waals surface area contributed by atoms with Crippen molar-refractivity contribution in [2.45, 2.75) is 45.4 Å². The number of aryl methyl sites for hydroxylation is 1. The van der Waals surface area contributed by atoms with Crippen molar-refractivity contribution >= 4 is 17.5 Å². The first-order valence-corrected chi connectivity index (χ1v) is 12.7. The smallest absolute Gasteiger partial charge is 0.253 e. The molecule has 6 nitrogen and oxygen atoms in total. The zero-order valence-corrected chi connectivity index (χ0v) is 21.1. The molecule has 0 unspecified atom stereocenters. The Morgan fingerprint density at radius 1 is 0.889 bits per heavy atom. The Morgan fingerprint density at radius 3 is 2.28 bits per heavy atom. The van der Waals surface area contributed by atoms with Crippen molar-refractivity contribution in [1.82, 2.24) is 4.90 Å². The summed E-state index contributed by atoms with van der Waals surface area (Å²) in [6.07, 6.45) is 2.48. The molecule has 1 saturated carbocycles. The summed E-state index contributed by atoms with van der Waals surface area (Å²) in [4.78, 5) is 27.9. The number of anilines is 1. The molecule has 6 heteroatoms. The highest BCUT2D eigenvalue weighted by atomic mass is 16.7. The third-order valence-electron chi connectivity index (χ3n) is 7.35. The fourth-order valence-corrected chi connectivity index (χ4v) is 4.93. The minimum atomic E-state index is -0.531. The lowest BCUT2D eigenvalue weighted by Crippen LogP contribution is -2.30. The molecule has 2 aliphatic rings. The predicted octanol–water partition coefficient (Wildman–Crippen LogP) is 5.80. The second-order valence-corrected chi connectivity index (χ2v) is 9.38. The number of amides is 2. The van der Waals surface area contributed by atoms with Gasteiger partial charge in [0.15, 0.2) is 11.5 Å². The van der Waals surface area contributed by atoms with E-state index in [-0.39, 0.29) is 18.6 Å². The molecule has 0 saturated heterocycles. The van der Waals surface area contributed by atoms with Crippen LogP contribution in [0.5, 0.6) is 11.5 Å². The Balaban J connectivity index is 1.37. The highest BCUT2D eigenvalue weighted by Gasteiger charge is 2.51. The predicted molar refractivity (Wildman–Crippen MR) is 141 cm³/mol. The zero-order valence-electron chi connectivity index (χ0n) is 21.1. The van der Waals surface area contributed by atoms with E-state index >= 15 is 0 Å². The molecule has 36 heavy (non-hydrogen) atoms. The first-order chi connectivity index (χ1) is 17.5. The van der Waals surface area contributed by atoms with Gasteiger partial charge in [-0.2, -0.15) is 0 Å². The highest BCUT2D eigenvalue weighted by molar-refractivity contribution is 6.02. The van der Waals surface area contributed by atoms with E-state index in [1.807, 2.05) is 73.3 Å². The number of rotatable bonds is 8. The molecule has 0 radical (unpaired) electrons. The third-order valence-corrected chi connectivity index (χ3v) is 7.35. The Kier molecular flexibility index (Phi) is 6.44. The maximum atomic E-state index is 13.4. The summed E-state index contributed by atoms with van der Waals surface area (Å²) < 4.78 is 10.9. The van der Waals surface area contributed by atoms with Crippen LogP contribution < -0.4 is 14.8 Å². The second-order valence-electron chi connectivity index (χ2n) is 9.38. The van der Waals surface area contributed by atoms with Crippen molar-refractivity contribution in [3.05, 3.63) is 77.4 Å². The van der Waals surface area contributed by atoms with Gasteiger partial charge in [-0.15, -0.1) is 0 Å². The van der Waals surface area contributed by atoms with Crippen LogP contribution in [0.25, 0.3) is 11.1 Å². The van der Waals surface area contributed by atoms with Gasteiger partial charge < -0.3 is 19.7 Å². The van der Waals surface area contributed by atoms with Gasteiger partial charge in [0.1, 0.15) is 0 Å². The molecule has 1 N–H and O–H groups in total. The standard InChI is InChI=1S/C30H32N2O4/c1-4-20-11-13-24(18-25(20)21-7-9-22(10-8-21)28(33)32(5-2)6-3)31-29(34)30(15-16-30)23-12-14-26-27(17-23)36-19-35-26/h7-14,17-18H,4-6,15-16,19H2,1-3H3,(H,31,34). The molecule has 1 heterocycles. The molecule has 0 aromatic heterocycles. The lowest BCUT2D eigenvalue weighted by molar-refractivity contribution is -0.118. The van der Waals surface area contributed by atoms with Gasteiger partial charge in [0.2, 0.25) is 12.7 Å². The third kappa shape index (κ3) is 4.32. The quantitative estimate of drug-likeness (QED) is 0.439. The molecule has 3 aromatic rings. The van der Waals surface area contributed by atoms with Crippen LogP contribution in [-0.2, 0) is 16.6 Å². The van der Waals surface area contributed by atoms with Gasteiger partial charge in [0, 0.05) is 24.3 Å². The molecule has 3 aromatic carbocycles. The number of nitrogens with one attached hydrogen (secondary N) is 1. The van der Waals surface area contributed by atoms with Crippen molar-refractivity contribution in [1.29, 1.82) is 0 Å². The minimum absolute atomic E-state index is 0.00303. The van der Waals surface area contributed by atoms with E-state index in [1.54, 1.807) is 0 Å². The molecule has 2 amide bonds. The first-order valence-electron chi connectivity index (χ1n) is 12.7. The molecule has 0 bridgehead atoms. The Morgan fingerprint density at radius 2 is 1.61 bits per heavy atom. The first kappa shape index (κ1) is 23.9. The minimum Gasteiger partial charge on any atom is -0.454 e. The number of fused-ring (bicyclic) bond motifs is 1. The molecule has 1 aliphatic heterocycles. The average molecular weight is 485 g/mol. The van der Waals surface area contributed by atoms with E-state index in [9.17, 15) is 9.59 Å². The lowest BCUT2D eigenvalue weighted by atomic mass is 9.93. The number of carbonyl (C=O) groups excluding carboxylic acids is 2. The number of benzene rings is 3. The maximum absolute atomic E-state index is 13.4. The molecule has 1 aliphatic carbocycles. The summed E-state index contributed by atoms with van der Waals surface area (Å²) in [6, 6.07) is 19.6. The lowest BCUT2D eigenvalue weighted by Gasteiger charge is -2.19. The van der Waals surface area contributed by atoms with Crippen LogP contribution >= 0.6 is 0 Å². The van der Waals surface area contributed by atoms with Crippen LogP contribution in [0, 0.1) is 0 Å². The Labute approximate surface area is 212 Å². The number of hydrogen-bond donors (Lipinski definition) is 1. The Bertz CT molecular complexity index is 1290.